The number of ketones is 1. The van der Waals surface area contributed by atoms with Crippen LogP contribution in [0.2, 0.25) is 0 Å². The number of carbonyl (C=O) groups excluding carboxylic acids is 1. The van der Waals surface area contributed by atoms with Crippen molar-refractivity contribution in [2.45, 2.75) is 26.4 Å². The first-order valence-corrected chi connectivity index (χ1v) is 3.85. The Morgan fingerprint density at radius 1 is 1.50 bits per heavy atom. The van der Waals surface area contributed by atoms with Crippen LogP contribution in [0.25, 0.3) is 0 Å². The van der Waals surface area contributed by atoms with Crippen LogP contribution >= 0.6 is 0 Å². The van der Waals surface area contributed by atoms with Gasteiger partial charge < -0.3 is 4.74 Å². The number of rotatable bonds is 4. The highest BCUT2D eigenvalue weighted by atomic mass is 16.5. The van der Waals surface area contributed by atoms with Crippen molar-refractivity contribution in [3.05, 3.63) is 24.8 Å². The molecule has 0 bridgehead atoms. The van der Waals surface area contributed by atoms with Crippen LogP contribution in [0.1, 0.15) is 20.8 Å². The van der Waals surface area contributed by atoms with Crippen LogP contribution in [0.4, 0.5) is 0 Å². The first-order valence-electron chi connectivity index (χ1n) is 3.85. The molecule has 2 heteroatoms. The van der Waals surface area contributed by atoms with E-state index in [1.807, 2.05) is 20.8 Å². The summed E-state index contributed by atoms with van der Waals surface area (Å²) in [5, 5.41) is 0. The molecule has 0 rings (SSSR count). The molecule has 12 heavy (non-hydrogen) atoms. The molecule has 0 aliphatic heterocycles. The molecule has 0 saturated heterocycles. The van der Waals surface area contributed by atoms with Crippen LogP contribution in [-0.2, 0) is 9.53 Å². The van der Waals surface area contributed by atoms with E-state index in [4.69, 9.17) is 4.74 Å². The molecule has 0 aromatic heterocycles. The molecule has 0 fully saturated rings. The second-order valence-electron chi connectivity index (χ2n) is 3.55. The minimum Gasteiger partial charge on any atom is -0.368 e. The monoisotopic (exact) mass is 168 g/mol. The smallest absolute Gasteiger partial charge is 0.187 e. The van der Waals surface area contributed by atoms with E-state index in [0.29, 0.717) is 5.57 Å². The fraction of sp³-hybridized carbons (Fsp3) is 0.500. The predicted molar refractivity (Wildman–Crippen MR) is 50.0 cm³/mol. The van der Waals surface area contributed by atoms with Gasteiger partial charge in [-0.25, -0.2) is 0 Å². The van der Waals surface area contributed by atoms with Gasteiger partial charge in [0.1, 0.15) is 6.61 Å². The molecule has 0 unspecified atom stereocenters. The van der Waals surface area contributed by atoms with E-state index < -0.39 is 0 Å². The average Bonchev–Trinajstić information content (AvgIpc) is 1.97. The zero-order valence-electron chi connectivity index (χ0n) is 8.02. The van der Waals surface area contributed by atoms with Crippen molar-refractivity contribution in [3.8, 4) is 0 Å². The number of hydrogen-bond donors (Lipinski definition) is 0. The predicted octanol–water partition coefficient (Wildman–Crippen LogP) is 2.11. The summed E-state index contributed by atoms with van der Waals surface area (Å²) < 4.78 is 5.26. The second-order valence-corrected chi connectivity index (χ2v) is 3.55. The second kappa shape index (κ2) is 4.21. The molecule has 0 aromatic rings. The third-order valence-corrected chi connectivity index (χ3v) is 1.24. The number of allylic oxidation sites excluding steroid dienone is 1. The summed E-state index contributed by atoms with van der Waals surface area (Å²) in [6.07, 6.45) is 1.44. The van der Waals surface area contributed by atoms with E-state index in [1.165, 1.54) is 6.08 Å². The Bertz CT molecular complexity index is 196. The Morgan fingerprint density at radius 3 is 2.33 bits per heavy atom. The van der Waals surface area contributed by atoms with E-state index in [0.717, 1.165) is 0 Å². The molecular formula is C10H16O2. The molecule has 0 saturated carbocycles. The highest BCUT2D eigenvalue weighted by Crippen LogP contribution is 2.07. The van der Waals surface area contributed by atoms with Gasteiger partial charge in [-0.1, -0.05) is 19.2 Å². The molecule has 68 valence electrons. The summed E-state index contributed by atoms with van der Waals surface area (Å²) in [5.41, 5.74) is 0.121. The molecule has 0 aliphatic rings. The van der Waals surface area contributed by atoms with Gasteiger partial charge in [-0.05, 0) is 20.8 Å². The van der Waals surface area contributed by atoms with Gasteiger partial charge in [0.25, 0.3) is 0 Å². The summed E-state index contributed by atoms with van der Waals surface area (Å²) in [6, 6.07) is 0. The minimum atomic E-state index is -0.281. The van der Waals surface area contributed by atoms with E-state index in [2.05, 4.69) is 13.2 Å². The van der Waals surface area contributed by atoms with Crippen molar-refractivity contribution in [2.24, 2.45) is 0 Å². The van der Waals surface area contributed by atoms with Gasteiger partial charge in [0.15, 0.2) is 5.78 Å². The van der Waals surface area contributed by atoms with E-state index in [9.17, 15) is 4.79 Å². The van der Waals surface area contributed by atoms with Gasteiger partial charge >= 0.3 is 0 Å². The minimum absolute atomic E-state index is 0.0777. The lowest BCUT2D eigenvalue weighted by Crippen LogP contribution is -2.23. The zero-order valence-corrected chi connectivity index (χ0v) is 8.02. The van der Waals surface area contributed by atoms with Crippen molar-refractivity contribution < 1.29 is 9.53 Å². The maximum absolute atomic E-state index is 11.1. The van der Waals surface area contributed by atoms with Crippen LogP contribution in [0.3, 0.4) is 0 Å². The first-order chi connectivity index (χ1) is 5.37. The maximum atomic E-state index is 11.1. The number of ether oxygens (including phenoxy) is 1. The molecule has 0 heterocycles. The maximum Gasteiger partial charge on any atom is 0.187 e. The highest BCUT2D eigenvalue weighted by Gasteiger charge is 2.13. The molecule has 0 spiro atoms. The standard InChI is InChI=1S/C10H16O2/c1-6-8(2)9(11)7-12-10(3,4)5/h6H,1-2,7H2,3-5H3. The molecule has 0 radical (unpaired) electrons. The molecule has 0 amide bonds. The largest absolute Gasteiger partial charge is 0.368 e. The van der Waals surface area contributed by atoms with E-state index in [-0.39, 0.29) is 18.0 Å². The Balaban J connectivity index is 3.88. The lowest BCUT2D eigenvalue weighted by molar-refractivity contribution is -0.124. The van der Waals surface area contributed by atoms with Crippen LogP contribution in [0, 0.1) is 0 Å². The van der Waals surface area contributed by atoms with Crippen molar-refractivity contribution in [2.75, 3.05) is 6.61 Å². The molecular weight excluding hydrogens is 152 g/mol. The van der Waals surface area contributed by atoms with Crippen LogP contribution in [0.5, 0.6) is 0 Å². The third kappa shape index (κ3) is 4.85. The quantitative estimate of drug-likeness (QED) is 0.474. The SMILES string of the molecule is C=CC(=C)C(=O)COC(C)(C)C. The fourth-order valence-electron chi connectivity index (χ4n) is 0.489. The average molecular weight is 168 g/mol. The van der Waals surface area contributed by atoms with Crippen molar-refractivity contribution >= 4 is 5.78 Å². The van der Waals surface area contributed by atoms with Crippen molar-refractivity contribution in [1.29, 1.82) is 0 Å². The summed E-state index contributed by atoms with van der Waals surface area (Å²) in [6.45, 7) is 12.8. The van der Waals surface area contributed by atoms with Gasteiger partial charge in [0, 0.05) is 5.57 Å². The molecule has 0 N–H and O–H groups in total. The molecule has 0 aliphatic carbocycles. The van der Waals surface area contributed by atoms with Crippen molar-refractivity contribution in [3.63, 3.8) is 0 Å². The summed E-state index contributed by atoms with van der Waals surface area (Å²) in [4.78, 5) is 11.1. The van der Waals surface area contributed by atoms with Gasteiger partial charge in [-0.15, -0.1) is 0 Å². The Kier molecular flexibility index (Phi) is 3.90. The molecule has 0 atom stereocenters. The normalized spacial score (nSPS) is 10.9. The summed E-state index contributed by atoms with van der Waals surface area (Å²) >= 11 is 0. The molecule has 2 nitrogen and oxygen atoms in total. The topological polar surface area (TPSA) is 26.3 Å². The lowest BCUT2D eigenvalue weighted by Gasteiger charge is -2.18. The number of Topliss-reactive ketones (excluding diaryl/α,β-unsaturated/α-hetero) is 1. The summed E-state index contributed by atoms with van der Waals surface area (Å²) in [5.74, 6) is -0.111. The van der Waals surface area contributed by atoms with Gasteiger partial charge in [0.2, 0.25) is 0 Å². The van der Waals surface area contributed by atoms with Crippen LogP contribution < -0.4 is 0 Å². The van der Waals surface area contributed by atoms with Gasteiger partial charge in [-0.3, -0.25) is 4.79 Å². The Hall–Kier alpha value is -0.890. The van der Waals surface area contributed by atoms with E-state index in [1.54, 1.807) is 0 Å². The molecule has 0 aromatic carbocycles. The van der Waals surface area contributed by atoms with Crippen LogP contribution in [-0.4, -0.2) is 18.0 Å². The van der Waals surface area contributed by atoms with Crippen molar-refractivity contribution in [1.82, 2.24) is 0 Å². The fourth-order valence-corrected chi connectivity index (χ4v) is 0.489. The number of hydrogen-bond acceptors (Lipinski definition) is 2. The zero-order chi connectivity index (χ0) is 9.78. The van der Waals surface area contributed by atoms with Gasteiger partial charge in [-0.2, -0.15) is 0 Å². The Labute approximate surface area is 73.9 Å². The Morgan fingerprint density at radius 2 is 2.00 bits per heavy atom. The first kappa shape index (κ1) is 11.1. The van der Waals surface area contributed by atoms with Gasteiger partial charge in [0.05, 0.1) is 5.60 Å². The highest BCUT2D eigenvalue weighted by molar-refractivity contribution is 5.98. The summed E-state index contributed by atoms with van der Waals surface area (Å²) in [7, 11) is 0. The lowest BCUT2D eigenvalue weighted by atomic mass is 10.1. The van der Waals surface area contributed by atoms with Crippen LogP contribution in [0.15, 0.2) is 24.8 Å². The number of carbonyl (C=O) groups is 1. The van der Waals surface area contributed by atoms with E-state index >= 15 is 0 Å². The third-order valence-electron chi connectivity index (χ3n) is 1.24.